The third-order valence-electron chi connectivity index (χ3n) is 6.61. The number of carbonyl (C=O) groups excluding carboxylic acids is 2. The normalized spacial score (nSPS) is 34.7. The van der Waals surface area contributed by atoms with Crippen LogP contribution in [0.25, 0.3) is 0 Å². The predicted molar refractivity (Wildman–Crippen MR) is 95.8 cm³/mol. The zero-order valence-corrected chi connectivity index (χ0v) is 16.0. The number of halogens is 1. The molecule has 3 atom stereocenters. The maximum absolute atomic E-state index is 13.2. The van der Waals surface area contributed by atoms with Crippen molar-refractivity contribution in [3.8, 4) is 0 Å². The largest absolute Gasteiger partial charge is 0.326 e. The summed E-state index contributed by atoms with van der Waals surface area (Å²) in [5.41, 5.74) is 1.56. The minimum Gasteiger partial charge on any atom is -0.326 e. The van der Waals surface area contributed by atoms with Gasteiger partial charge in [-0.25, -0.2) is 0 Å². The van der Waals surface area contributed by atoms with Crippen molar-refractivity contribution in [1.82, 2.24) is 0 Å². The molecule has 0 spiro atoms. The number of ketones is 1. The summed E-state index contributed by atoms with van der Waals surface area (Å²) in [7, 11) is 0. The van der Waals surface area contributed by atoms with Gasteiger partial charge < -0.3 is 5.32 Å². The van der Waals surface area contributed by atoms with Crippen molar-refractivity contribution in [1.29, 1.82) is 0 Å². The fraction of sp³-hybridized carbons (Fsp3) is 0.579. The maximum Gasteiger partial charge on any atom is 0.232 e. The van der Waals surface area contributed by atoms with E-state index < -0.39 is 15.7 Å². The fourth-order valence-corrected chi connectivity index (χ4v) is 6.26. The van der Waals surface area contributed by atoms with Crippen LogP contribution >= 0.6 is 15.9 Å². The Bertz CT molecular complexity index is 691. The van der Waals surface area contributed by atoms with Crippen molar-refractivity contribution in [3.05, 3.63) is 29.3 Å². The van der Waals surface area contributed by atoms with Crippen LogP contribution in [0, 0.1) is 30.1 Å². The first-order valence-corrected chi connectivity index (χ1v) is 9.06. The van der Waals surface area contributed by atoms with Gasteiger partial charge in [-0.3, -0.25) is 9.59 Å². The number of alkyl halides is 1. The van der Waals surface area contributed by atoms with Crippen LogP contribution in [0.5, 0.6) is 0 Å². The predicted octanol–water partition coefficient (Wildman–Crippen LogP) is 4.40. The first-order valence-electron chi connectivity index (χ1n) is 8.14. The third-order valence-corrected chi connectivity index (χ3v) is 7.80. The highest BCUT2D eigenvalue weighted by atomic mass is 79.9. The van der Waals surface area contributed by atoms with Crippen molar-refractivity contribution in [2.75, 3.05) is 5.32 Å². The van der Waals surface area contributed by atoms with Gasteiger partial charge in [0, 0.05) is 11.1 Å². The van der Waals surface area contributed by atoms with Gasteiger partial charge in [0.2, 0.25) is 5.91 Å². The van der Waals surface area contributed by atoms with E-state index in [1.54, 1.807) is 0 Å². The quantitative estimate of drug-likeness (QED) is 0.776. The van der Waals surface area contributed by atoms with Crippen LogP contribution in [0.3, 0.4) is 0 Å². The van der Waals surface area contributed by atoms with Crippen molar-refractivity contribution >= 4 is 33.3 Å². The van der Waals surface area contributed by atoms with Gasteiger partial charge in [0.15, 0.2) is 5.78 Å². The molecule has 2 fully saturated rings. The summed E-state index contributed by atoms with van der Waals surface area (Å²) in [5.74, 6) is 0.133. The summed E-state index contributed by atoms with van der Waals surface area (Å²) in [4.78, 5) is 25.6. The van der Waals surface area contributed by atoms with Crippen molar-refractivity contribution in [2.45, 2.75) is 52.3 Å². The molecule has 0 radical (unpaired) electrons. The molecule has 2 aliphatic carbocycles. The van der Waals surface area contributed by atoms with Crippen LogP contribution in [0.2, 0.25) is 0 Å². The Balaban J connectivity index is 2.00. The number of rotatable bonds is 2. The Kier molecular flexibility index (Phi) is 3.57. The Morgan fingerprint density at radius 1 is 1.13 bits per heavy atom. The Morgan fingerprint density at radius 3 is 2.17 bits per heavy atom. The van der Waals surface area contributed by atoms with Gasteiger partial charge in [-0.2, -0.15) is 0 Å². The van der Waals surface area contributed by atoms with Gasteiger partial charge in [-0.1, -0.05) is 42.8 Å². The lowest BCUT2D eigenvalue weighted by atomic mass is 9.64. The molecule has 2 saturated carbocycles. The molecule has 3 unspecified atom stereocenters. The number of benzene rings is 1. The van der Waals surface area contributed by atoms with Crippen LogP contribution in [-0.4, -0.2) is 16.5 Å². The fourth-order valence-electron chi connectivity index (χ4n) is 4.74. The molecule has 23 heavy (non-hydrogen) atoms. The molecule has 3 rings (SSSR count). The van der Waals surface area contributed by atoms with E-state index in [-0.39, 0.29) is 17.1 Å². The number of carbonyl (C=O) groups is 2. The lowest BCUT2D eigenvalue weighted by molar-refractivity contribution is -0.130. The van der Waals surface area contributed by atoms with Gasteiger partial charge in [-0.05, 0) is 55.4 Å². The summed E-state index contributed by atoms with van der Waals surface area (Å²) in [6.45, 7) is 10.2. The number of amides is 1. The van der Waals surface area contributed by atoms with E-state index in [2.05, 4.69) is 41.2 Å². The summed E-state index contributed by atoms with van der Waals surface area (Å²) < 4.78 is 0. The average molecular weight is 378 g/mol. The summed E-state index contributed by atoms with van der Waals surface area (Å²) >= 11 is 3.56. The molecular weight excluding hydrogens is 354 g/mol. The van der Waals surface area contributed by atoms with E-state index in [1.807, 2.05) is 32.9 Å². The number of hydrogen-bond acceptors (Lipinski definition) is 2. The van der Waals surface area contributed by atoms with Crippen LogP contribution in [0.1, 0.15) is 44.7 Å². The molecule has 2 aliphatic rings. The van der Waals surface area contributed by atoms with E-state index >= 15 is 0 Å². The standard InChI is InChI=1S/C19H24BrNO2/c1-11-8-12(2)10-13(9-11)21-16(23)19-7-6-18(5,17(19,3)4)15(22)14(19)20/h8-10,14H,6-7H2,1-5H3,(H,21,23). The Hall–Kier alpha value is -1.16. The van der Waals surface area contributed by atoms with Crippen molar-refractivity contribution in [3.63, 3.8) is 0 Å². The molecule has 0 aromatic heterocycles. The molecule has 2 bridgehead atoms. The smallest absolute Gasteiger partial charge is 0.232 e. The molecule has 0 aliphatic heterocycles. The first kappa shape index (κ1) is 16.7. The second-order valence-electron chi connectivity index (χ2n) is 7.99. The number of nitrogens with one attached hydrogen (secondary N) is 1. The van der Waals surface area contributed by atoms with Gasteiger partial charge in [0.25, 0.3) is 0 Å². The molecular formula is C19H24BrNO2. The number of Topliss-reactive ketones (excluding diaryl/α,β-unsaturated/α-hetero) is 1. The zero-order chi connectivity index (χ0) is 17.2. The summed E-state index contributed by atoms with van der Waals surface area (Å²) in [5, 5.41) is 3.09. The third kappa shape index (κ3) is 1.93. The Labute approximate surface area is 146 Å². The molecule has 1 N–H and O–H groups in total. The topological polar surface area (TPSA) is 46.2 Å². The second kappa shape index (κ2) is 4.92. The average Bonchev–Trinajstić information content (AvgIpc) is 2.70. The molecule has 0 saturated heterocycles. The summed E-state index contributed by atoms with van der Waals surface area (Å²) in [6, 6.07) is 6.03. The molecule has 1 aromatic rings. The first-order chi connectivity index (χ1) is 10.6. The van der Waals surface area contributed by atoms with Crippen molar-refractivity contribution < 1.29 is 9.59 Å². The van der Waals surface area contributed by atoms with Crippen LogP contribution in [0.4, 0.5) is 5.69 Å². The van der Waals surface area contributed by atoms with E-state index in [4.69, 9.17) is 0 Å². The van der Waals surface area contributed by atoms with Crippen molar-refractivity contribution in [2.24, 2.45) is 16.2 Å². The highest BCUT2D eigenvalue weighted by molar-refractivity contribution is 9.10. The van der Waals surface area contributed by atoms with E-state index in [9.17, 15) is 9.59 Å². The lowest BCUT2D eigenvalue weighted by Gasteiger charge is -2.39. The van der Waals surface area contributed by atoms with Gasteiger partial charge in [0.05, 0.1) is 10.2 Å². The summed E-state index contributed by atoms with van der Waals surface area (Å²) in [6.07, 6.45) is 1.52. The van der Waals surface area contributed by atoms with E-state index in [0.717, 1.165) is 29.7 Å². The maximum atomic E-state index is 13.2. The molecule has 4 heteroatoms. The number of hydrogen-bond donors (Lipinski definition) is 1. The molecule has 124 valence electrons. The SMILES string of the molecule is Cc1cc(C)cc(NC(=O)C23CCC(C)(C(=O)C2Br)C3(C)C)c1. The second-order valence-corrected chi connectivity index (χ2v) is 8.90. The molecule has 1 aromatic carbocycles. The Morgan fingerprint density at radius 2 is 1.70 bits per heavy atom. The zero-order valence-electron chi connectivity index (χ0n) is 14.4. The molecule has 0 heterocycles. The number of fused-ring (bicyclic) bond motifs is 2. The lowest BCUT2D eigenvalue weighted by Crippen LogP contribution is -2.48. The number of anilines is 1. The minimum absolute atomic E-state index is 0.0380. The van der Waals surface area contributed by atoms with Gasteiger partial charge in [-0.15, -0.1) is 0 Å². The van der Waals surface area contributed by atoms with E-state index in [0.29, 0.717) is 0 Å². The highest BCUT2D eigenvalue weighted by Gasteiger charge is 2.76. The van der Waals surface area contributed by atoms with Crippen LogP contribution < -0.4 is 5.32 Å². The highest BCUT2D eigenvalue weighted by Crippen LogP contribution is 2.72. The van der Waals surface area contributed by atoms with E-state index in [1.165, 1.54) is 0 Å². The molecule has 3 nitrogen and oxygen atoms in total. The monoisotopic (exact) mass is 377 g/mol. The van der Waals surface area contributed by atoms with Crippen LogP contribution in [0.15, 0.2) is 18.2 Å². The van der Waals surface area contributed by atoms with Gasteiger partial charge >= 0.3 is 0 Å². The van der Waals surface area contributed by atoms with Gasteiger partial charge in [0.1, 0.15) is 0 Å². The minimum atomic E-state index is -0.684. The number of aryl methyl sites for hydroxylation is 2. The van der Waals surface area contributed by atoms with Crippen LogP contribution in [-0.2, 0) is 9.59 Å². The molecule has 1 amide bonds.